The van der Waals surface area contributed by atoms with E-state index in [0.29, 0.717) is 36.1 Å². The number of hydrogen-bond donors (Lipinski definition) is 1. The topological polar surface area (TPSA) is 72.7 Å². The van der Waals surface area contributed by atoms with Crippen LogP contribution in [0.1, 0.15) is 33.0 Å². The molecule has 0 saturated carbocycles. The lowest BCUT2D eigenvalue weighted by molar-refractivity contribution is -0.137. The van der Waals surface area contributed by atoms with Crippen LogP contribution in [0.15, 0.2) is 36.5 Å². The quantitative estimate of drug-likeness (QED) is 0.697. The van der Waals surface area contributed by atoms with Crippen LogP contribution in [0.4, 0.5) is 17.6 Å². The molecule has 1 aliphatic rings. The number of amides is 1. The molecule has 0 fully saturated rings. The number of pyridine rings is 1. The van der Waals surface area contributed by atoms with E-state index in [1.807, 2.05) is 0 Å². The highest BCUT2D eigenvalue weighted by atomic mass is 19.4. The molecule has 0 atom stereocenters. The highest BCUT2D eigenvalue weighted by Crippen LogP contribution is 2.31. The summed E-state index contributed by atoms with van der Waals surface area (Å²) in [6.07, 6.45) is -2.60. The molecule has 10 heteroatoms. The molecule has 0 aliphatic carbocycles. The van der Waals surface area contributed by atoms with Crippen LogP contribution in [0.2, 0.25) is 0 Å². The molecule has 28 heavy (non-hydrogen) atoms. The molecule has 144 valence electrons. The van der Waals surface area contributed by atoms with Crippen molar-refractivity contribution < 1.29 is 22.4 Å². The van der Waals surface area contributed by atoms with Crippen molar-refractivity contribution in [3.63, 3.8) is 0 Å². The Balaban J connectivity index is 1.66. The fourth-order valence-corrected chi connectivity index (χ4v) is 3.11. The van der Waals surface area contributed by atoms with Gasteiger partial charge in [-0.05, 0) is 35.9 Å². The summed E-state index contributed by atoms with van der Waals surface area (Å²) in [5, 5.41) is 10.6. The van der Waals surface area contributed by atoms with Crippen LogP contribution >= 0.6 is 0 Å². The van der Waals surface area contributed by atoms with Crippen LogP contribution in [0.5, 0.6) is 0 Å². The average Bonchev–Trinajstić information content (AvgIpc) is 3.06. The number of nitrogens with zero attached hydrogens (tertiary/aromatic N) is 4. The number of carbonyl (C=O) groups is 1. The Morgan fingerprint density at radius 2 is 2.00 bits per heavy atom. The first kappa shape index (κ1) is 18.1. The van der Waals surface area contributed by atoms with Crippen LogP contribution in [-0.2, 0) is 19.0 Å². The second-order valence-electron chi connectivity index (χ2n) is 6.33. The molecule has 1 amide bonds. The molecule has 0 saturated heterocycles. The van der Waals surface area contributed by atoms with E-state index < -0.39 is 17.6 Å². The molecule has 0 bridgehead atoms. The summed E-state index contributed by atoms with van der Waals surface area (Å²) in [5.41, 5.74) is 0.990. The minimum absolute atomic E-state index is 0.00601. The van der Waals surface area contributed by atoms with Crippen LogP contribution in [0.3, 0.4) is 0 Å². The van der Waals surface area contributed by atoms with E-state index in [9.17, 15) is 22.4 Å². The first-order valence-electron chi connectivity index (χ1n) is 8.36. The van der Waals surface area contributed by atoms with Gasteiger partial charge in [-0.1, -0.05) is 5.21 Å². The van der Waals surface area contributed by atoms with Gasteiger partial charge in [-0.2, -0.15) is 13.2 Å². The lowest BCUT2D eigenvalue weighted by Crippen LogP contribution is -2.32. The summed E-state index contributed by atoms with van der Waals surface area (Å²) < 4.78 is 53.8. The van der Waals surface area contributed by atoms with E-state index in [0.717, 1.165) is 12.1 Å². The molecular formula is C18H13F4N5O. The van der Waals surface area contributed by atoms with Crippen molar-refractivity contribution in [2.45, 2.75) is 19.0 Å². The lowest BCUT2D eigenvalue weighted by atomic mass is 10.0. The van der Waals surface area contributed by atoms with Gasteiger partial charge in [0.25, 0.3) is 5.91 Å². The van der Waals surface area contributed by atoms with Gasteiger partial charge in [-0.25, -0.2) is 9.07 Å². The minimum Gasteiger partial charge on any atom is -0.350 e. The molecule has 3 heterocycles. The number of rotatable bonds is 3. The van der Waals surface area contributed by atoms with Gasteiger partial charge in [0.1, 0.15) is 5.82 Å². The van der Waals surface area contributed by atoms with Crippen LogP contribution in [0, 0.1) is 5.82 Å². The van der Waals surface area contributed by atoms with E-state index in [4.69, 9.17) is 0 Å². The number of halogens is 4. The zero-order valence-electron chi connectivity index (χ0n) is 14.3. The molecule has 0 spiro atoms. The number of aromatic nitrogens is 4. The first-order chi connectivity index (χ1) is 13.3. The lowest BCUT2D eigenvalue weighted by Gasteiger charge is -2.13. The largest absolute Gasteiger partial charge is 0.416 e. The maximum absolute atomic E-state index is 13.6. The fraction of sp³-hybridized carbons (Fsp3) is 0.222. The Hall–Kier alpha value is -3.30. The van der Waals surface area contributed by atoms with Gasteiger partial charge in [0.15, 0.2) is 5.69 Å². The predicted octanol–water partition coefficient (Wildman–Crippen LogP) is 2.70. The molecule has 6 nitrogen and oxygen atoms in total. The summed E-state index contributed by atoms with van der Waals surface area (Å²) >= 11 is 0. The monoisotopic (exact) mass is 391 g/mol. The Kier molecular flexibility index (Phi) is 4.33. The molecule has 1 N–H and O–H groups in total. The van der Waals surface area contributed by atoms with Gasteiger partial charge < -0.3 is 5.32 Å². The van der Waals surface area contributed by atoms with Gasteiger partial charge in [0.05, 0.1) is 16.9 Å². The van der Waals surface area contributed by atoms with E-state index in [-0.39, 0.29) is 23.6 Å². The van der Waals surface area contributed by atoms with Crippen molar-refractivity contribution in [2.75, 3.05) is 6.54 Å². The van der Waals surface area contributed by atoms with Crippen molar-refractivity contribution in [1.82, 2.24) is 25.3 Å². The molecule has 0 radical (unpaired) electrons. The average molecular weight is 391 g/mol. The third kappa shape index (κ3) is 3.45. The van der Waals surface area contributed by atoms with E-state index in [1.54, 1.807) is 12.1 Å². The van der Waals surface area contributed by atoms with Gasteiger partial charge >= 0.3 is 6.18 Å². The Labute approximate surface area is 156 Å². The maximum Gasteiger partial charge on any atom is 0.416 e. The standard InChI is InChI=1S/C18H13F4N5O/c19-12-6-10(5-11(8-12)18(20,21)22)7-13-9-14(1-3-23-13)27-15-2-4-24-17(28)16(15)25-26-27/h1,3,5-6,8-9H,2,4,7H2,(H,24,28). The number of benzene rings is 1. The number of carbonyl (C=O) groups excluding carboxylic acids is 1. The van der Waals surface area contributed by atoms with Crippen molar-refractivity contribution in [1.29, 1.82) is 0 Å². The van der Waals surface area contributed by atoms with Crippen LogP contribution < -0.4 is 5.32 Å². The summed E-state index contributed by atoms with van der Waals surface area (Å²) in [5.74, 6) is -1.27. The zero-order chi connectivity index (χ0) is 19.9. The van der Waals surface area contributed by atoms with Crippen molar-refractivity contribution in [3.05, 3.63) is 70.6 Å². The zero-order valence-corrected chi connectivity index (χ0v) is 14.3. The first-order valence-corrected chi connectivity index (χ1v) is 8.36. The third-order valence-corrected chi connectivity index (χ3v) is 4.34. The Morgan fingerprint density at radius 1 is 1.18 bits per heavy atom. The molecule has 1 aliphatic heterocycles. The fourth-order valence-electron chi connectivity index (χ4n) is 3.11. The number of fused-ring (bicyclic) bond motifs is 1. The molecule has 4 rings (SSSR count). The Bertz CT molecular complexity index is 1060. The van der Waals surface area contributed by atoms with Crippen LogP contribution in [-0.4, -0.2) is 32.4 Å². The second-order valence-corrected chi connectivity index (χ2v) is 6.33. The number of alkyl halides is 3. The molecule has 2 aromatic heterocycles. The number of hydrogen-bond acceptors (Lipinski definition) is 4. The molecular weight excluding hydrogens is 378 g/mol. The summed E-state index contributed by atoms with van der Waals surface area (Å²) in [6.45, 7) is 0.459. The predicted molar refractivity (Wildman–Crippen MR) is 89.4 cm³/mol. The number of nitrogens with one attached hydrogen (secondary N) is 1. The molecule has 1 aromatic carbocycles. The summed E-state index contributed by atoms with van der Waals surface area (Å²) in [4.78, 5) is 16.0. The maximum atomic E-state index is 13.6. The smallest absolute Gasteiger partial charge is 0.350 e. The van der Waals surface area contributed by atoms with E-state index in [2.05, 4.69) is 20.6 Å². The molecule has 3 aromatic rings. The third-order valence-electron chi connectivity index (χ3n) is 4.34. The second kappa shape index (κ2) is 6.70. The highest BCUT2D eigenvalue weighted by Gasteiger charge is 2.31. The Morgan fingerprint density at radius 3 is 2.79 bits per heavy atom. The van der Waals surface area contributed by atoms with Gasteiger partial charge in [0, 0.05) is 31.3 Å². The van der Waals surface area contributed by atoms with Gasteiger partial charge in [0.2, 0.25) is 0 Å². The van der Waals surface area contributed by atoms with Crippen LogP contribution in [0.25, 0.3) is 5.69 Å². The van der Waals surface area contributed by atoms with Crippen molar-refractivity contribution in [2.24, 2.45) is 0 Å². The summed E-state index contributed by atoms with van der Waals surface area (Å²) in [6, 6.07) is 5.68. The van der Waals surface area contributed by atoms with Crippen molar-refractivity contribution >= 4 is 5.91 Å². The van der Waals surface area contributed by atoms with E-state index >= 15 is 0 Å². The summed E-state index contributed by atoms with van der Waals surface area (Å²) in [7, 11) is 0. The highest BCUT2D eigenvalue weighted by molar-refractivity contribution is 5.94. The molecule has 0 unspecified atom stereocenters. The van der Waals surface area contributed by atoms with Gasteiger partial charge in [-0.3, -0.25) is 9.78 Å². The van der Waals surface area contributed by atoms with E-state index in [1.165, 1.54) is 10.9 Å². The normalized spacial score (nSPS) is 13.9. The minimum atomic E-state index is -4.63. The van der Waals surface area contributed by atoms with Crippen molar-refractivity contribution in [3.8, 4) is 5.69 Å². The van der Waals surface area contributed by atoms with Gasteiger partial charge in [-0.15, -0.1) is 5.10 Å². The SMILES string of the molecule is O=C1NCCc2c1nnn2-c1ccnc(Cc2cc(F)cc(C(F)(F)F)c2)c1.